The van der Waals surface area contributed by atoms with Crippen LogP contribution >= 0.6 is 11.6 Å². The smallest absolute Gasteiger partial charge is 0.184 e. The highest BCUT2D eigenvalue weighted by Gasteiger charge is 2.20. The van der Waals surface area contributed by atoms with Crippen LogP contribution < -0.4 is 5.73 Å². The molecular formula is C10H12ClNO2. The maximum atomic E-state index is 5.86. The predicted molar refractivity (Wildman–Crippen MR) is 54.1 cm³/mol. The van der Waals surface area contributed by atoms with E-state index in [-0.39, 0.29) is 12.3 Å². The summed E-state index contributed by atoms with van der Waals surface area (Å²) in [6.07, 6.45) is -0.325. The Hall–Kier alpha value is -0.610. The van der Waals surface area contributed by atoms with E-state index in [1.807, 2.05) is 24.3 Å². The molecule has 1 fully saturated rings. The van der Waals surface area contributed by atoms with Gasteiger partial charge in [0.1, 0.15) is 0 Å². The van der Waals surface area contributed by atoms with Gasteiger partial charge in [0.05, 0.1) is 19.3 Å². The lowest BCUT2D eigenvalue weighted by molar-refractivity contribution is -0.189. The molecule has 0 aliphatic carbocycles. The quantitative estimate of drug-likeness (QED) is 0.773. The van der Waals surface area contributed by atoms with Crippen LogP contribution in [0.5, 0.6) is 0 Å². The third-order valence-corrected chi connectivity index (χ3v) is 2.28. The van der Waals surface area contributed by atoms with Crippen molar-refractivity contribution in [2.75, 3.05) is 13.2 Å². The molecule has 0 amide bonds. The van der Waals surface area contributed by atoms with Crippen molar-refractivity contribution in [2.45, 2.75) is 12.3 Å². The predicted octanol–water partition coefficient (Wildman–Crippen LogP) is 1.71. The fourth-order valence-electron chi connectivity index (χ4n) is 1.36. The molecule has 4 heteroatoms. The van der Waals surface area contributed by atoms with Crippen LogP contribution in [-0.2, 0) is 9.47 Å². The minimum absolute atomic E-state index is 0.0227. The molecule has 1 saturated heterocycles. The number of halogens is 1. The Labute approximate surface area is 87.8 Å². The Morgan fingerprint density at radius 1 is 1.29 bits per heavy atom. The van der Waals surface area contributed by atoms with E-state index in [9.17, 15) is 0 Å². The van der Waals surface area contributed by atoms with E-state index in [1.165, 1.54) is 0 Å². The summed E-state index contributed by atoms with van der Waals surface area (Å²) in [5, 5.41) is 0.685. The summed E-state index contributed by atoms with van der Waals surface area (Å²) >= 11 is 5.86. The van der Waals surface area contributed by atoms with Gasteiger partial charge >= 0.3 is 0 Å². The van der Waals surface area contributed by atoms with Crippen molar-refractivity contribution in [1.82, 2.24) is 0 Å². The normalized spacial score (nSPS) is 27.6. The van der Waals surface area contributed by atoms with Crippen LogP contribution in [0.4, 0.5) is 0 Å². The summed E-state index contributed by atoms with van der Waals surface area (Å²) in [6.45, 7) is 1.05. The molecule has 0 saturated carbocycles. The van der Waals surface area contributed by atoms with Gasteiger partial charge in [-0.2, -0.15) is 0 Å². The molecule has 2 N–H and O–H groups in total. The first-order valence-electron chi connectivity index (χ1n) is 4.50. The van der Waals surface area contributed by atoms with E-state index in [2.05, 4.69) is 0 Å². The van der Waals surface area contributed by atoms with E-state index < -0.39 is 0 Å². The number of hydrogen-bond acceptors (Lipinski definition) is 3. The second kappa shape index (κ2) is 4.28. The summed E-state index contributed by atoms with van der Waals surface area (Å²) in [5.41, 5.74) is 6.56. The number of hydrogen-bond donors (Lipinski definition) is 1. The molecule has 1 aromatic carbocycles. The van der Waals surface area contributed by atoms with Gasteiger partial charge in [0, 0.05) is 10.6 Å². The molecule has 2 rings (SSSR count). The molecule has 0 atom stereocenters. The first kappa shape index (κ1) is 9.93. The van der Waals surface area contributed by atoms with Gasteiger partial charge in [-0.15, -0.1) is 0 Å². The monoisotopic (exact) mass is 213 g/mol. The molecule has 1 aliphatic rings. The minimum Gasteiger partial charge on any atom is -0.347 e. The van der Waals surface area contributed by atoms with E-state index >= 15 is 0 Å². The van der Waals surface area contributed by atoms with Crippen molar-refractivity contribution in [3.8, 4) is 0 Å². The molecule has 14 heavy (non-hydrogen) atoms. The summed E-state index contributed by atoms with van der Waals surface area (Å²) in [6, 6.07) is 7.43. The number of ether oxygens (including phenoxy) is 2. The van der Waals surface area contributed by atoms with Crippen molar-refractivity contribution in [1.29, 1.82) is 0 Å². The van der Waals surface area contributed by atoms with Crippen molar-refractivity contribution < 1.29 is 9.47 Å². The molecule has 0 bridgehead atoms. The maximum absolute atomic E-state index is 5.86. The highest BCUT2D eigenvalue weighted by Crippen LogP contribution is 2.24. The molecule has 1 aliphatic heterocycles. The second-order valence-corrected chi connectivity index (χ2v) is 3.75. The van der Waals surface area contributed by atoms with E-state index in [4.69, 9.17) is 26.8 Å². The first-order chi connectivity index (χ1) is 6.75. The molecule has 1 aromatic rings. The van der Waals surface area contributed by atoms with Gasteiger partial charge in [-0.25, -0.2) is 0 Å². The lowest BCUT2D eigenvalue weighted by Crippen LogP contribution is -2.37. The van der Waals surface area contributed by atoms with Crippen LogP contribution in [0.2, 0.25) is 5.02 Å². The fraction of sp³-hybridized carbons (Fsp3) is 0.400. The topological polar surface area (TPSA) is 44.5 Å². The Morgan fingerprint density at radius 3 is 2.64 bits per heavy atom. The van der Waals surface area contributed by atoms with Crippen molar-refractivity contribution >= 4 is 11.6 Å². The van der Waals surface area contributed by atoms with Crippen LogP contribution in [0.3, 0.4) is 0 Å². The van der Waals surface area contributed by atoms with Gasteiger partial charge in [-0.1, -0.05) is 23.7 Å². The number of benzene rings is 1. The lowest BCUT2D eigenvalue weighted by atomic mass is 10.2. The molecule has 1 heterocycles. The molecule has 0 aromatic heterocycles. The second-order valence-electron chi connectivity index (χ2n) is 3.31. The summed E-state index contributed by atoms with van der Waals surface area (Å²) < 4.78 is 10.9. The Bertz CT molecular complexity index is 311. The van der Waals surface area contributed by atoms with Crippen molar-refractivity contribution in [2.24, 2.45) is 5.73 Å². The van der Waals surface area contributed by atoms with Crippen LogP contribution in [-0.4, -0.2) is 19.3 Å². The highest BCUT2D eigenvalue weighted by atomic mass is 35.5. The molecular weight excluding hydrogens is 202 g/mol. The van der Waals surface area contributed by atoms with E-state index in [1.54, 1.807) is 0 Å². The van der Waals surface area contributed by atoms with Crippen molar-refractivity contribution in [3.63, 3.8) is 0 Å². The Balaban J connectivity index is 2.08. The largest absolute Gasteiger partial charge is 0.347 e. The highest BCUT2D eigenvalue weighted by molar-refractivity contribution is 6.30. The average molecular weight is 214 g/mol. The summed E-state index contributed by atoms with van der Waals surface area (Å²) in [5.74, 6) is 0. The third kappa shape index (κ3) is 2.25. The van der Waals surface area contributed by atoms with E-state index in [0.29, 0.717) is 18.2 Å². The standard InChI is InChI=1S/C10H12ClNO2/c11-8-3-1-2-7(4-8)10-13-5-9(12)6-14-10/h1-4,9-10H,5-6,12H2. The zero-order valence-corrected chi connectivity index (χ0v) is 8.41. The van der Waals surface area contributed by atoms with Gasteiger partial charge in [0.15, 0.2) is 6.29 Å². The molecule has 3 nitrogen and oxygen atoms in total. The zero-order chi connectivity index (χ0) is 9.97. The van der Waals surface area contributed by atoms with Crippen LogP contribution in [0.1, 0.15) is 11.9 Å². The summed E-state index contributed by atoms with van der Waals surface area (Å²) in [7, 11) is 0. The Morgan fingerprint density at radius 2 is 2.00 bits per heavy atom. The van der Waals surface area contributed by atoms with Crippen LogP contribution in [0.25, 0.3) is 0 Å². The first-order valence-corrected chi connectivity index (χ1v) is 4.88. The molecule has 0 unspecified atom stereocenters. The maximum Gasteiger partial charge on any atom is 0.184 e. The minimum atomic E-state index is -0.325. The molecule has 0 spiro atoms. The van der Waals surface area contributed by atoms with Gasteiger partial charge in [0.25, 0.3) is 0 Å². The number of rotatable bonds is 1. The number of nitrogens with two attached hydrogens (primary N) is 1. The SMILES string of the molecule is NC1COC(c2cccc(Cl)c2)OC1. The van der Waals surface area contributed by atoms with Gasteiger partial charge in [0.2, 0.25) is 0 Å². The zero-order valence-electron chi connectivity index (χ0n) is 7.65. The van der Waals surface area contributed by atoms with Crippen LogP contribution in [0, 0.1) is 0 Å². The fourth-order valence-corrected chi connectivity index (χ4v) is 1.56. The van der Waals surface area contributed by atoms with Gasteiger partial charge in [-0.05, 0) is 12.1 Å². The molecule has 0 radical (unpaired) electrons. The molecule has 76 valence electrons. The average Bonchev–Trinajstić information content (AvgIpc) is 2.19. The van der Waals surface area contributed by atoms with Crippen LogP contribution in [0.15, 0.2) is 24.3 Å². The lowest BCUT2D eigenvalue weighted by Gasteiger charge is -2.27. The van der Waals surface area contributed by atoms with Gasteiger partial charge in [-0.3, -0.25) is 0 Å². The third-order valence-electron chi connectivity index (χ3n) is 2.04. The van der Waals surface area contributed by atoms with Gasteiger partial charge < -0.3 is 15.2 Å². The Kier molecular flexibility index (Phi) is 3.03. The summed E-state index contributed by atoms with van der Waals surface area (Å²) in [4.78, 5) is 0. The van der Waals surface area contributed by atoms with Crippen molar-refractivity contribution in [3.05, 3.63) is 34.9 Å². The van der Waals surface area contributed by atoms with E-state index in [0.717, 1.165) is 5.56 Å².